The van der Waals surface area contributed by atoms with Crippen molar-refractivity contribution in [1.82, 2.24) is 0 Å². The third-order valence-corrected chi connectivity index (χ3v) is 4.32. The van der Waals surface area contributed by atoms with E-state index in [0.29, 0.717) is 0 Å². The van der Waals surface area contributed by atoms with E-state index in [-0.39, 0.29) is 0 Å². The first-order chi connectivity index (χ1) is 11.8. The Morgan fingerprint density at radius 3 is 1.48 bits per heavy atom. The van der Waals surface area contributed by atoms with Gasteiger partial charge in [-0.1, -0.05) is 70.4 Å². The van der Waals surface area contributed by atoms with Crippen LogP contribution in [0.3, 0.4) is 0 Å². The Hall–Kier alpha value is -0.941. The van der Waals surface area contributed by atoms with E-state index >= 15 is 0 Å². The van der Waals surface area contributed by atoms with Crippen molar-refractivity contribution in [2.45, 2.75) is 65.8 Å². The Morgan fingerprint density at radius 2 is 1.16 bits per heavy atom. The molecule has 0 bridgehead atoms. The molecule has 0 aromatic heterocycles. The molecule has 0 heterocycles. The van der Waals surface area contributed by atoms with Gasteiger partial charge in [-0.2, -0.15) is 0 Å². The van der Waals surface area contributed by atoms with Crippen molar-refractivity contribution in [3.8, 4) is 0 Å². The normalized spacial score (nSPS) is 11.7. The van der Waals surface area contributed by atoms with Crippen molar-refractivity contribution in [1.29, 1.82) is 0 Å². The first kappa shape index (κ1) is 24.1. The molecule has 0 aliphatic heterocycles. The van der Waals surface area contributed by atoms with E-state index in [1.54, 1.807) is 0 Å². The minimum absolute atomic E-state index is 1.22. The van der Waals surface area contributed by atoms with Gasteiger partial charge >= 0.3 is 28.7 Å². The van der Waals surface area contributed by atoms with Gasteiger partial charge in [0.2, 0.25) is 0 Å². The molecule has 1 aromatic carbocycles. The van der Waals surface area contributed by atoms with Crippen molar-refractivity contribution < 1.29 is 33.1 Å². The Balaban J connectivity index is 0.00000101. The molecule has 1 rings (SSSR count). The second-order valence-electron chi connectivity index (χ2n) is 6.59. The Kier molecular flexibility index (Phi) is 12.8. The topological polar surface area (TPSA) is 74.3 Å². The van der Waals surface area contributed by atoms with Crippen LogP contribution in [0.1, 0.15) is 64.9 Å². The molecule has 0 amide bonds. The zero-order valence-electron chi connectivity index (χ0n) is 15.9. The average Bonchev–Trinajstić information content (AvgIpc) is 2.55. The predicted molar refractivity (Wildman–Crippen MR) is 91.8 cm³/mol. The first-order valence-corrected chi connectivity index (χ1v) is 11.2. The average molecular weight is 395 g/mol. The molecule has 25 heavy (non-hydrogen) atoms. The van der Waals surface area contributed by atoms with Crippen molar-refractivity contribution in [3.63, 3.8) is 0 Å². The van der Waals surface area contributed by atoms with Crippen LogP contribution in [-0.2, 0) is 31.0 Å². The maximum atomic E-state index is 8.58. The zero-order chi connectivity index (χ0) is 19.2. The molecule has 0 fully saturated rings. The SMILES string of the molecule is CCCC[N+](CCCC)(CCCC)Cc1ccccc1.[O]=[Mn](=[O])(=[O])[O-]. The summed E-state index contributed by atoms with van der Waals surface area (Å²) in [6, 6.07) is 11.1. The van der Waals surface area contributed by atoms with Gasteiger partial charge in [0, 0.05) is 5.56 Å². The summed E-state index contributed by atoms with van der Waals surface area (Å²) in [5, 5.41) is 0. The molecule has 0 aliphatic rings. The number of hydrogen-bond donors (Lipinski definition) is 0. The van der Waals surface area contributed by atoms with Gasteiger partial charge in [-0.25, -0.2) is 0 Å². The fraction of sp³-hybridized carbons (Fsp3) is 0.684. The van der Waals surface area contributed by atoms with Crippen LogP contribution in [0.4, 0.5) is 0 Å². The van der Waals surface area contributed by atoms with E-state index in [4.69, 9.17) is 15.7 Å². The molecular formula is C19H34MnNO4. The molecule has 0 unspecified atom stereocenters. The van der Waals surface area contributed by atoms with Crippen molar-refractivity contribution in [3.05, 3.63) is 35.9 Å². The van der Waals surface area contributed by atoms with E-state index in [1.807, 2.05) is 0 Å². The van der Waals surface area contributed by atoms with Crippen LogP contribution in [0, 0.1) is 0 Å². The minimum atomic E-state index is -5.62. The molecular weight excluding hydrogens is 361 g/mol. The number of rotatable bonds is 11. The second-order valence-corrected chi connectivity index (χ2v) is 7.78. The summed E-state index contributed by atoms with van der Waals surface area (Å²) < 4.78 is 35.6. The standard InChI is InChI=1S/C19H34N.Mn.4O/c1-4-7-15-20(16-8-5-2,17-9-6-3)18-19-13-11-10-12-14-19;;;;;/h10-14H,4-9,15-18H2,1-3H3;;;;;/q+1;;;;;-1. The molecule has 0 spiro atoms. The maximum absolute atomic E-state index is 8.58. The van der Waals surface area contributed by atoms with Gasteiger partial charge in [0.1, 0.15) is 6.54 Å². The third-order valence-electron chi connectivity index (χ3n) is 4.32. The van der Waals surface area contributed by atoms with Crippen molar-refractivity contribution >= 4 is 0 Å². The predicted octanol–water partition coefficient (Wildman–Crippen LogP) is 3.86. The Bertz CT molecular complexity index is 559. The number of nitrogens with zero attached hydrogens (tertiary/aromatic N) is 1. The Morgan fingerprint density at radius 1 is 0.800 bits per heavy atom. The van der Waals surface area contributed by atoms with E-state index in [0.717, 1.165) is 0 Å². The van der Waals surface area contributed by atoms with E-state index in [2.05, 4.69) is 51.1 Å². The number of benzene rings is 1. The van der Waals surface area contributed by atoms with Crippen LogP contribution in [0.2, 0.25) is 0 Å². The van der Waals surface area contributed by atoms with Crippen LogP contribution in [0.15, 0.2) is 30.3 Å². The van der Waals surface area contributed by atoms with Crippen LogP contribution in [0.25, 0.3) is 0 Å². The summed E-state index contributed by atoms with van der Waals surface area (Å²) in [7, 11) is 0. The van der Waals surface area contributed by atoms with Gasteiger partial charge in [-0.15, -0.1) is 0 Å². The van der Waals surface area contributed by atoms with Crippen LogP contribution < -0.4 is 4.19 Å². The second kappa shape index (κ2) is 13.3. The molecule has 1 aromatic rings. The van der Waals surface area contributed by atoms with Gasteiger partial charge in [0.05, 0.1) is 19.6 Å². The summed E-state index contributed by atoms with van der Waals surface area (Å²) >= 11 is -5.62. The molecule has 5 nitrogen and oxygen atoms in total. The van der Waals surface area contributed by atoms with Crippen LogP contribution in [-0.4, -0.2) is 24.1 Å². The van der Waals surface area contributed by atoms with Gasteiger partial charge in [-0.05, 0) is 19.3 Å². The Labute approximate surface area is 154 Å². The van der Waals surface area contributed by atoms with Crippen molar-refractivity contribution in [2.75, 3.05) is 19.6 Å². The van der Waals surface area contributed by atoms with Gasteiger partial charge < -0.3 is 4.48 Å². The molecule has 0 N–H and O–H groups in total. The summed E-state index contributed by atoms with van der Waals surface area (Å²) in [4.78, 5) is 0. The third kappa shape index (κ3) is 14.0. The molecule has 0 radical (unpaired) electrons. The molecule has 6 heteroatoms. The van der Waals surface area contributed by atoms with E-state index in [1.165, 1.54) is 74.8 Å². The van der Waals surface area contributed by atoms with Gasteiger partial charge in [0.25, 0.3) is 0 Å². The molecule has 0 saturated carbocycles. The summed E-state index contributed by atoms with van der Waals surface area (Å²) in [6.07, 6.45) is 8.02. The molecule has 0 atom stereocenters. The summed E-state index contributed by atoms with van der Waals surface area (Å²) in [5.74, 6) is 0. The number of unbranched alkanes of at least 4 members (excludes halogenated alkanes) is 3. The fourth-order valence-corrected chi connectivity index (χ4v) is 3.02. The zero-order valence-corrected chi connectivity index (χ0v) is 17.1. The van der Waals surface area contributed by atoms with Gasteiger partial charge in [0.15, 0.2) is 0 Å². The van der Waals surface area contributed by atoms with Crippen LogP contribution in [0.5, 0.6) is 0 Å². The quantitative estimate of drug-likeness (QED) is 0.421. The van der Waals surface area contributed by atoms with E-state index < -0.39 is 13.0 Å². The van der Waals surface area contributed by atoms with Crippen molar-refractivity contribution in [2.24, 2.45) is 0 Å². The molecule has 0 aliphatic carbocycles. The molecule has 146 valence electrons. The van der Waals surface area contributed by atoms with Crippen LogP contribution >= 0.6 is 0 Å². The van der Waals surface area contributed by atoms with Gasteiger partial charge in [-0.3, -0.25) is 0 Å². The first-order valence-electron chi connectivity index (χ1n) is 9.27. The monoisotopic (exact) mass is 395 g/mol. The van der Waals surface area contributed by atoms with E-state index in [9.17, 15) is 0 Å². The number of quaternary nitrogens is 1. The summed E-state index contributed by atoms with van der Waals surface area (Å²) in [6.45, 7) is 12.2. The number of hydrogen-bond acceptors (Lipinski definition) is 4. The fourth-order valence-electron chi connectivity index (χ4n) is 3.02. The molecule has 0 saturated heterocycles. The summed E-state index contributed by atoms with van der Waals surface area (Å²) in [5.41, 5.74) is 1.51.